The molecule has 1 saturated heterocycles. The Morgan fingerprint density at radius 1 is 1.28 bits per heavy atom. The number of carbonyl (C=O) groups excluding carboxylic acids is 2. The number of anilines is 1. The van der Waals surface area contributed by atoms with Gasteiger partial charge in [0.05, 0.1) is 7.11 Å². The lowest BCUT2D eigenvalue weighted by Crippen LogP contribution is -2.44. The average Bonchev–Trinajstić information content (AvgIpc) is 3.09. The number of ether oxygens (including phenoxy) is 2. The summed E-state index contributed by atoms with van der Waals surface area (Å²) in [5, 5.41) is 2.52. The summed E-state index contributed by atoms with van der Waals surface area (Å²) in [6.45, 7) is 3.11. The molecule has 0 saturated carbocycles. The third-order valence-corrected chi connectivity index (χ3v) is 5.62. The van der Waals surface area contributed by atoms with Crippen molar-refractivity contribution in [1.82, 2.24) is 4.98 Å². The fourth-order valence-corrected chi connectivity index (χ4v) is 3.69. The lowest BCUT2D eigenvalue weighted by atomic mass is 9.84. The number of methoxy groups -OCH3 is 1. The zero-order chi connectivity index (χ0) is 23.8. The van der Waals surface area contributed by atoms with Gasteiger partial charge in [-0.3, -0.25) is 14.6 Å². The summed E-state index contributed by atoms with van der Waals surface area (Å²) in [5.74, 6) is -8.49. The SMILES string of the molecule is COc1c([C@@H]2C[C@@](C)(C(C)(F)F)O[C@H]2C(=O)Nc2ccnc(C(C)=O)c2)ccc(F)c1F. The fourth-order valence-electron chi connectivity index (χ4n) is 3.69. The predicted octanol–water partition coefficient (Wildman–Crippen LogP) is 4.50. The van der Waals surface area contributed by atoms with E-state index in [2.05, 4.69) is 10.3 Å². The second kappa shape index (κ2) is 8.50. The quantitative estimate of drug-likeness (QED) is 0.514. The lowest BCUT2D eigenvalue weighted by molar-refractivity contribution is -0.184. The molecule has 10 heteroatoms. The number of halogens is 4. The molecule has 1 amide bonds. The minimum atomic E-state index is -3.34. The first-order chi connectivity index (χ1) is 14.9. The first kappa shape index (κ1) is 23.6. The monoisotopic (exact) mass is 454 g/mol. The highest BCUT2D eigenvalue weighted by atomic mass is 19.3. The number of rotatable bonds is 6. The van der Waals surface area contributed by atoms with E-state index in [4.69, 9.17) is 9.47 Å². The second-order valence-corrected chi connectivity index (χ2v) is 7.93. The lowest BCUT2D eigenvalue weighted by Gasteiger charge is -2.30. The Hall–Kier alpha value is -3.01. The highest BCUT2D eigenvalue weighted by molar-refractivity contribution is 5.97. The summed E-state index contributed by atoms with van der Waals surface area (Å²) in [7, 11) is 1.11. The van der Waals surface area contributed by atoms with Gasteiger partial charge in [-0.2, -0.15) is 4.39 Å². The third kappa shape index (κ3) is 4.32. The number of alkyl halides is 2. The van der Waals surface area contributed by atoms with Crippen LogP contribution in [0.15, 0.2) is 30.5 Å². The van der Waals surface area contributed by atoms with E-state index < -0.39 is 46.8 Å². The third-order valence-electron chi connectivity index (χ3n) is 5.62. The van der Waals surface area contributed by atoms with E-state index in [1.807, 2.05) is 0 Å². The van der Waals surface area contributed by atoms with Crippen LogP contribution in [0.5, 0.6) is 5.75 Å². The Morgan fingerprint density at radius 3 is 2.56 bits per heavy atom. The molecular weight excluding hydrogens is 432 g/mol. The van der Waals surface area contributed by atoms with Crippen molar-refractivity contribution in [2.75, 3.05) is 12.4 Å². The zero-order valence-electron chi connectivity index (χ0n) is 17.8. The van der Waals surface area contributed by atoms with E-state index in [1.165, 1.54) is 31.3 Å². The number of ketones is 1. The highest BCUT2D eigenvalue weighted by Gasteiger charge is 2.58. The number of aromatic nitrogens is 1. The number of carbonyl (C=O) groups is 2. The molecule has 0 aliphatic carbocycles. The number of benzene rings is 1. The maximum atomic E-state index is 14.4. The van der Waals surface area contributed by atoms with Crippen molar-refractivity contribution in [2.45, 2.75) is 50.7 Å². The first-order valence-electron chi connectivity index (χ1n) is 9.73. The molecule has 3 rings (SSSR count). The van der Waals surface area contributed by atoms with Crippen LogP contribution in [-0.4, -0.2) is 41.4 Å². The smallest absolute Gasteiger partial charge is 0.273 e. The van der Waals surface area contributed by atoms with Gasteiger partial charge in [-0.05, 0) is 31.5 Å². The Bertz CT molecular complexity index is 1060. The number of hydrogen-bond acceptors (Lipinski definition) is 5. The molecule has 1 aromatic carbocycles. The van der Waals surface area contributed by atoms with Gasteiger partial charge in [0.15, 0.2) is 17.3 Å². The van der Waals surface area contributed by atoms with Crippen molar-refractivity contribution in [3.05, 3.63) is 53.4 Å². The van der Waals surface area contributed by atoms with E-state index in [0.29, 0.717) is 6.92 Å². The Balaban J connectivity index is 2.01. The maximum absolute atomic E-state index is 14.4. The van der Waals surface area contributed by atoms with Crippen LogP contribution in [0.1, 0.15) is 49.2 Å². The summed E-state index contributed by atoms with van der Waals surface area (Å²) >= 11 is 0. The van der Waals surface area contributed by atoms with Crippen molar-refractivity contribution in [2.24, 2.45) is 0 Å². The topological polar surface area (TPSA) is 77.5 Å². The standard InChI is InChI=1S/C22H22F4N2O4/c1-11(29)16-9-12(7-8-27-16)28-20(30)19-14(10-21(2,32-19)22(3,25)26)13-5-6-15(23)17(24)18(13)31-4/h5-9,14,19H,10H2,1-4H3,(H,27,28,30)/t14-,19+,21-/m0/s1. The summed E-state index contributed by atoms with van der Waals surface area (Å²) in [6.07, 6.45) is -0.522. The molecule has 1 fully saturated rings. The van der Waals surface area contributed by atoms with E-state index in [1.54, 1.807) is 0 Å². The van der Waals surface area contributed by atoms with E-state index >= 15 is 0 Å². The van der Waals surface area contributed by atoms with Crippen LogP contribution < -0.4 is 10.1 Å². The Labute approximate surface area is 181 Å². The van der Waals surface area contributed by atoms with Gasteiger partial charge in [-0.25, -0.2) is 13.2 Å². The van der Waals surface area contributed by atoms with Gasteiger partial charge in [0.1, 0.15) is 17.4 Å². The normalized spacial score (nSPS) is 23.1. The van der Waals surface area contributed by atoms with Crippen LogP contribution in [-0.2, 0) is 9.53 Å². The van der Waals surface area contributed by atoms with Gasteiger partial charge in [0.2, 0.25) is 5.82 Å². The van der Waals surface area contributed by atoms with Gasteiger partial charge < -0.3 is 14.8 Å². The Kier molecular flexibility index (Phi) is 6.28. The summed E-state index contributed by atoms with van der Waals surface area (Å²) in [6, 6.07) is 4.77. The number of nitrogens with zero attached hydrogens (tertiary/aromatic N) is 1. The first-order valence-corrected chi connectivity index (χ1v) is 9.73. The molecule has 0 radical (unpaired) electrons. The van der Waals surface area contributed by atoms with E-state index in [-0.39, 0.29) is 29.1 Å². The zero-order valence-corrected chi connectivity index (χ0v) is 17.8. The predicted molar refractivity (Wildman–Crippen MR) is 107 cm³/mol. The average molecular weight is 454 g/mol. The van der Waals surface area contributed by atoms with Crippen LogP contribution in [0.2, 0.25) is 0 Å². The highest BCUT2D eigenvalue weighted by Crippen LogP contribution is 2.50. The van der Waals surface area contributed by atoms with Crippen LogP contribution in [0.4, 0.5) is 23.2 Å². The summed E-state index contributed by atoms with van der Waals surface area (Å²) in [4.78, 5) is 28.5. The van der Waals surface area contributed by atoms with Gasteiger partial charge in [0.25, 0.3) is 11.8 Å². The molecular formula is C22H22F4N2O4. The number of amides is 1. The number of hydrogen-bond donors (Lipinski definition) is 1. The van der Waals surface area contributed by atoms with Crippen LogP contribution in [0.3, 0.4) is 0 Å². The van der Waals surface area contributed by atoms with Crippen molar-refractivity contribution < 1.29 is 36.6 Å². The van der Waals surface area contributed by atoms with E-state index in [0.717, 1.165) is 20.1 Å². The van der Waals surface area contributed by atoms with Gasteiger partial charge in [-0.15, -0.1) is 0 Å². The number of nitrogens with one attached hydrogen (secondary N) is 1. The minimum absolute atomic E-state index is 0.0266. The molecule has 3 atom stereocenters. The number of Topliss-reactive ketones (excluding diaryl/α,β-unsaturated/α-hetero) is 1. The van der Waals surface area contributed by atoms with Crippen molar-refractivity contribution in [3.8, 4) is 5.75 Å². The maximum Gasteiger partial charge on any atom is 0.273 e. The molecule has 172 valence electrons. The molecule has 1 N–H and O–H groups in total. The fraction of sp³-hybridized carbons (Fsp3) is 0.409. The van der Waals surface area contributed by atoms with Crippen molar-refractivity contribution in [3.63, 3.8) is 0 Å². The molecule has 2 heterocycles. The molecule has 2 aromatic rings. The molecule has 1 aromatic heterocycles. The van der Waals surface area contributed by atoms with Gasteiger partial charge in [0, 0.05) is 37.2 Å². The van der Waals surface area contributed by atoms with Crippen LogP contribution in [0, 0.1) is 11.6 Å². The molecule has 0 bridgehead atoms. The van der Waals surface area contributed by atoms with Gasteiger partial charge >= 0.3 is 0 Å². The van der Waals surface area contributed by atoms with Gasteiger partial charge in [-0.1, -0.05) is 6.07 Å². The van der Waals surface area contributed by atoms with Crippen molar-refractivity contribution in [1.29, 1.82) is 0 Å². The van der Waals surface area contributed by atoms with Crippen LogP contribution >= 0.6 is 0 Å². The molecule has 0 spiro atoms. The molecule has 0 unspecified atom stereocenters. The second-order valence-electron chi connectivity index (χ2n) is 7.93. The van der Waals surface area contributed by atoms with Crippen molar-refractivity contribution >= 4 is 17.4 Å². The largest absolute Gasteiger partial charge is 0.493 e. The number of pyridine rings is 1. The molecule has 32 heavy (non-hydrogen) atoms. The summed E-state index contributed by atoms with van der Waals surface area (Å²) in [5.41, 5.74) is -1.73. The molecule has 1 aliphatic heterocycles. The summed E-state index contributed by atoms with van der Waals surface area (Å²) < 4.78 is 67.3. The van der Waals surface area contributed by atoms with Crippen LogP contribution in [0.25, 0.3) is 0 Å². The molecule has 6 nitrogen and oxygen atoms in total. The van der Waals surface area contributed by atoms with E-state index in [9.17, 15) is 27.2 Å². The minimum Gasteiger partial charge on any atom is -0.493 e. The molecule has 1 aliphatic rings. The Morgan fingerprint density at radius 2 is 1.97 bits per heavy atom.